The fourth-order valence-electron chi connectivity index (χ4n) is 3.35. The maximum absolute atomic E-state index is 12.1. The molecule has 5 heteroatoms. The third kappa shape index (κ3) is 15.5. The van der Waals surface area contributed by atoms with Gasteiger partial charge in [-0.05, 0) is 20.3 Å². The van der Waals surface area contributed by atoms with Crippen LogP contribution in [0.5, 0.6) is 0 Å². The number of hydrogen-bond donors (Lipinski definition) is 2. The van der Waals surface area contributed by atoms with Crippen molar-refractivity contribution in [3.63, 3.8) is 0 Å². The average Bonchev–Trinajstić information content (AvgIpc) is 2.68. The Labute approximate surface area is 178 Å². The second-order valence-electron chi connectivity index (χ2n) is 8.64. The van der Waals surface area contributed by atoms with E-state index in [0.29, 0.717) is 6.42 Å². The first-order valence-corrected chi connectivity index (χ1v) is 11.9. The highest BCUT2D eigenvalue weighted by atomic mass is 16.6. The number of aliphatic hydroxyl groups excluding tert-OH is 1. The van der Waals surface area contributed by atoms with Gasteiger partial charge in [-0.15, -0.1) is 0 Å². The molecule has 0 saturated carbocycles. The second kappa shape index (κ2) is 17.9. The minimum atomic E-state index is -2.12. The summed E-state index contributed by atoms with van der Waals surface area (Å²) >= 11 is 0. The lowest BCUT2D eigenvalue weighted by Crippen LogP contribution is -2.45. The molecule has 0 amide bonds. The van der Waals surface area contributed by atoms with Crippen molar-refractivity contribution in [2.45, 2.75) is 135 Å². The van der Waals surface area contributed by atoms with E-state index < -0.39 is 23.5 Å². The molecule has 0 aromatic heterocycles. The van der Waals surface area contributed by atoms with Gasteiger partial charge in [-0.2, -0.15) is 0 Å². The molecule has 0 aliphatic rings. The van der Waals surface area contributed by atoms with E-state index in [1.54, 1.807) is 0 Å². The smallest absolute Gasteiger partial charge is 0.345 e. The van der Waals surface area contributed by atoms with E-state index in [-0.39, 0.29) is 13.0 Å². The van der Waals surface area contributed by atoms with Crippen molar-refractivity contribution >= 4 is 11.8 Å². The fourth-order valence-corrected chi connectivity index (χ4v) is 3.35. The van der Waals surface area contributed by atoms with Gasteiger partial charge in [0.1, 0.15) is 6.61 Å². The fraction of sp³-hybridized carbons (Fsp3) is 0.917. The third-order valence-corrected chi connectivity index (χ3v) is 5.40. The quantitative estimate of drug-likeness (QED) is 0.156. The van der Waals surface area contributed by atoms with Gasteiger partial charge >= 0.3 is 5.97 Å². The largest absolute Gasteiger partial charge is 0.460 e. The predicted molar refractivity (Wildman–Crippen MR) is 118 cm³/mol. The highest BCUT2D eigenvalue weighted by molar-refractivity contribution is 6.06. The zero-order valence-corrected chi connectivity index (χ0v) is 19.2. The van der Waals surface area contributed by atoms with Crippen molar-refractivity contribution < 1.29 is 24.5 Å². The summed E-state index contributed by atoms with van der Waals surface area (Å²) in [5, 5.41) is 19.2. The first-order chi connectivity index (χ1) is 13.8. The van der Waals surface area contributed by atoms with Crippen molar-refractivity contribution in [3.8, 4) is 0 Å². The van der Waals surface area contributed by atoms with Gasteiger partial charge in [0.25, 0.3) is 0 Å². The van der Waals surface area contributed by atoms with Gasteiger partial charge in [0, 0.05) is 6.42 Å². The molecule has 2 atom stereocenters. The van der Waals surface area contributed by atoms with E-state index in [1.807, 2.05) is 0 Å². The Bertz CT molecular complexity index is 417. The number of Topliss-reactive ketones (excluding diaryl/α,β-unsaturated/α-hetero) is 1. The molecular formula is C24H46O5. The zero-order chi connectivity index (χ0) is 22.0. The molecule has 0 saturated heterocycles. The van der Waals surface area contributed by atoms with Gasteiger partial charge in [0.15, 0.2) is 5.78 Å². The topological polar surface area (TPSA) is 83.8 Å². The number of aliphatic hydroxyl groups is 2. The maximum atomic E-state index is 12.1. The van der Waals surface area contributed by atoms with Crippen molar-refractivity contribution in [2.75, 3.05) is 6.61 Å². The number of hydrogen-bond acceptors (Lipinski definition) is 5. The van der Waals surface area contributed by atoms with Crippen LogP contribution < -0.4 is 0 Å². The van der Waals surface area contributed by atoms with E-state index >= 15 is 0 Å². The number of rotatable bonds is 20. The lowest BCUT2D eigenvalue weighted by atomic mass is 9.96. The van der Waals surface area contributed by atoms with Crippen LogP contribution in [0.4, 0.5) is 0 Å². The molecule has 172 valence electrons. The summed E-state index contributed by atoms with van der Waals surface area (Å²) in [5.74, 6) is -1.49. The van der Waals surface area contributed by atoms with E-state index in [4.69, 9.17) is 9.84 Å². The summed E-state index contributed by atoms with van der Waals surface area (Å²) < 4.78 is 4.76. The van der Waals surface area contributed by atoms with Crippen LogP contribution in [0.1, 0.15) is 124 Å². The Morgan fingerprint density at radius 2 is 1.17 bits per heavy atom. The predicted octanol–water partition coefficient (Wildman–Crippen LogP) is 5.49. The number of ether oxygens (including phenoxy) is 1. The van der Waals surface area contributed by atoms with Gasteiger partial charge in [-0.1, -0.05) is 96.8 Å². The highest BCUT2D eigenvalue weighted by Crippen LogP contribution is 2.16. The lowest BCUT2D eigenvalue weighted by Gasteiger charge is -2.20. The van der Waals surface area contributed by atoms with Gasteiger partial charge < -0.3 is 14.9 Å². The van der Waals surface area contributed by atoms with Crippen LogP contribution in [0.15, 0.2) is 0 Å². The van der Waals surface area contributed by atoms with Gasteiger partial charge in [0.2, 0.25) is 5.60 Å². The summed E-state index contributed by atoms with van der Waals surface area (Å²) in [6.45, 7) is 4.68. The zero-order valence-electron chi connectivity index (χ0n) is 19.2. The molecule has 0 heterocycles. The summed E-state index contributed by atoms with van der Waals surface area (Å²) in [5.41, 5.74) is -2.12. The second-order valence-corrected chi connectivity index (χ2v) is 8.64. The van der Waals surface area contributed by atoms with Gasteiger partial charge in [0.05, 0.1) is 6.10 Å². The molecule has 0 radical (unpaired) electrons. The van der Waals surface area contributed by atoms with Crippen LogP contribution in [0.3, 0.4) is 0 Å². The van der Waals surface area contributed by atoms with E-state index in [9.17, 15) is 14.7 Å². The molecule has 0 aromatic carbocycles. The Morgan fingerprint density at radius 3 is 1.55 bits per heavy atom. The van der Waals surface area contributed by atoms with Crippen LogP contribution in [0, 0.1) is 0 Å². The number of unbranched alkanes of at least 4 members (excludes halogenated alkanes) is 14. The van der Waals surface area contributed by atoms with Gasteiger partial charge in [-0.25, -0.2) is 4.79 Å². The average molecular weight is 415 g/mol. The molecule has 5 nitrogen and oxygen atoms in total. The summed E-state index contributed by atoms with van der Waals surface area (Å²) in [4.78, 5) is 23.8. The monoisotopic (exact) mass is 414 g/mol. The first kappa shape index (κ1) is 28.1. The lowest BCUT2D eigenvalue weighted by molar-refractivity contribution is -0.170. The van der Waals surface area contributed by atoms with Crippen LogP contribution >= 0.6 is 0 Å². The summed E-state index contributed by atoms with van der Waals surface area (Å²) in [6.07, 6.45) is 18.1. The number of carbonyl (C=O) groups excluding carboxylic acids is 2. The molecule has 0 rings (SSSR count). The molecule has 2 N–H and O–H groups in total. The van der Waals surface area contributed by atoms with Crippen LogP contribution in [-0.4, -0.2) is 40.3 Å². The minimum absolute atomic E-state index is 0.176. The van der Waals surface area contributed by atoms with Crippen molar-refractivity contribution in [2.24, 2.45) is 0 Å². The maximum Gasteiger partial charge on any atom is 0.345 e. The molecule has 29 heavy (non-hydrogen) atoms. The Balaban J connectivity index is 3.53. The molecule has 0 fully saturated rings. The van der Waals surface area contributed by atoms with E-state index in [1.165, 1.54) is 90.9 Å². The molecule has 0 aliphatic heterocycles. The molecule has 2 unspecified atom stereocenters. The molecule has 0 aliphatic carbocycles. The van der Waals surface area contributed by atoms with Crippen molar-refractivity contribution in [3.05, 3.63) is 0 Å². The molecular weight excluding hydrogens is 368 g/mol. The minimum Gasteiger partial charge on any atom is -0.460 e. The van der Waals surface area contributed by atoms with E-state index in [2.05, 4.69) is 6.92 Å². The number of carbonyl (C=O) groups is 2. The van der Waals surface area contributed by atoms with Crippen molar-refractivity contribution in [1.29, 1.82) is 0 Å². The first-order valence-electron chi connectivity index (χ1n) is 11.9. The molecule has 0 spiro atoms. The Hall–Kier alpha value is -0.940. The Morgan fingerprint density at radius 1 is 0.793 bits per heavy atom. The molecule has 0 bridgehead atoms. The standard InChI is InChI=1S/C24H46O5/c1-4-5-6-7-8-9-10-11-12-13-14-15-16-17-18-19-22(26)24(3,28)23(27)29-20-21(2)25/h21,25,28H,4-20H2,1-3H3. The van der Waals surface area contributed by atoms with Crippen LogP contribution in [0.25, 0.3) is 0 Å². The normalized spacial score (nSPS) is 14.4. The number of esters is 1. The highest BCUT2D eigenvalue weighted by Gasteiger charge is 2.39. The molecule has 0 aromatic rings. The SMILES string of the molecule is CCCCCCCCCCCCCCCCCC(=O)C(C)(O)C(=O)OCC(C)O. The van der Waals surface area contributed by atoms with Crippen LogP contribution in [0.2, 0.25) is 0 Å². The van der Waals surface area contributed by atoms with Crippen molar-refractivity contribution in [1.82, 2.24) is 0 Å². The van der Waals surface area contributed by atoms with Crippen LogP contribution in [-0.2, 0) is 14.3 Å². The van der Waals surface area contributed by atoms with E-state index in [0.717, 1.165) is 12.8 Å². The summed E-state index contributed by atoms with van der Waals surface area (Å²) in [7, 11) is 0. The Kier molecular flexibility index (Phi) is 17.3. The number of ketones is 1. The third-order valence-electron chi connectivity index (χ3n) is 5.40. The summed E-state index contributed by atoms with van der Waals surface area (Å²) in [6, 6.07) is 0. The van der Waals surface area contributed by atoms with Gasteiger partial charge in [-0.3, -0.25) is 4.79 Å².